The van der Waals surface area contributed by atoms with Gasteiger partial charge in [-0.3, -0.25) is 4.79 Å². The van der Waals surface area contributed by atoms with Crippen LogP contribution in [0.3, 0.4) is 0 Å². The lowest BCUT2D eigenvalue weighted by atomic mass is 9.85. The highest BCUT2D eigenvalue weighted by atomic mass is 16.5. The van der Waals surface area contributed by atoms with E-state index in [0.717, 1.165) is 38.6 Å². The summed E-state index contributed by atoms with van der Waals surface area (Å²) in [4.78, 5) is 12.4. The van der Waals surface area contributed by atoms with E-state index in [1.54, 1.807) is 7.11 Å². The number of hydrogen-bond acceptors (Lipinski definition) is 4. The Kier molecular flexibility index (Phi) is 4.59. The predicted octanol–water partition coefficient (Wildman–Crippen LogP) is 0.0322. The van der Waals surface area contributed by atoms with Crippen LogP contribution in [0.2, 0.25) is 0 Å². The Hall–Kier alpha value is -0.650. The number of amides is 1. The minimum Gasteiger partial charge on any atom is -0.391 e. The molecular weight excluding hydrogens is 232 g/mol. The number of hydrogen-bond donors (Lipinski definition) is 3. The third-order valence-corrected chi connectivity index (χ3v) is 4.19. The monoisotopic (exact) mass is 256 g/mol. The molecule has 0 aromatic carbocycles. The predicted molar refractivity (Wildman–Crippen MR) is 68.2 cm³/mol. The number of nitrogens with one attached hydrogen (secondary N) is 2. The zero-order valence-corrected chi connectivity index (χ0v) is 11.1. The Bertz CT molecular complexity index is 290. The maximum atomic E-state index is 12.4. The molecule has 0 aromatic rings. The quantitative estimate of drug-likeness (QED) is 0.664. The molecule has 1 heterocycles. The van der Waals surface area contributed by atoms with Crippen molar-refractivity contribution in [1.82, 2.24) is 10.6 Å². The molecule has 1 unspecified atom stereocenters. The highest BCUT2D eigenvalue weighted by molar-refractivity contribution is 5.83. The molecule has 1 saturated carbocycles. The van der Waals surface area contributed by atoms with Crippen molar-refractivity contribution in [2.24, 2.45) is 5.41 Å². The van der Waals surface area contributed by atoms with Crippen LogP contribution in [0.25, 0.3) is 0 Å². The maximum Gasteiger partial charge on any atom is 0.230 e. The Morgan fingerprint density at radius 1 is 1.50 bits per heavy atom. The molecule has 18 heavy (non-hydrogen) atoms. The summed E-state index contributed by atoms with van der Waals surface area (Å²) < 4.78 is 5.20. The number of carbonyl (C=O) groups is 1. The van der Waals surface area contributed by atoms with Crippen LogP contribution in [-0.2, 0) is 9.53 Å². The van der Waals surface area contributed by atoms with E-state index < -0.39 is 11.5 Å². The fourth-order valence-corrected chi connectivity index (χ4v) is 3.00. The number of aliphatic hydroxyl groups is 1. The van der Waals surface area contributed by atoms with E-state index in [9.17, 15) is 9.90 Å². The second kappa shape index (κ2) is 5.99. The molecule has 2 rings (SSSR count). The van der Waals surface area contributed by atoms with Crippen molar-refractivity contribution < 1.29 is 14.6 Å². The average Bonchev–Trinajstić information content (AvgIpc) is 2.82. The van der Waals surface area contributed by atoms with Crippen molar-refractivity contribution in [1.29, 1.82) is 0 Å². The van der Waals surface area contributed by atoms with E-state index >= 15 is 0 Å². The van der Waals surface area contributed by atoms with Crippen molar-refractivity contribution in [2.45, 2.75) is 44.2 Å². The average molecular weight is 256 g/mol. The van der Waals surface area contributed by atoms with Gasteiger partial charge in [-0.2, -0.15) is 0 Å². The lowest BCUT2D eigenvalue weighted by Crippen LogP contribution is -2.53. The second-order valence-electron chi connectivity index (χ2n) is 5.57. The van der Waals surface area contributed by atoms with E-state index in [2.05, 4.69) is 10.6 Å². The first-order chi connectivity index (χ1) is 8.68. The van der Waals surface area contributed by atoms with Crippen LogP contribution in [-0.4, -0.2) is 50.0 Å². The molecule has 5 heteroatoms. The molecule has 2 fully saturated rings. The lowest BCUT2D eigenvalue weighted by Gasteiger charge is -2.33. The summed E-state index contributed by atoms with van der Waals surface area (Å²) in [6.45, 7) is 1.95. The number of ether oxygens (including phenoxy) is 1. The first kappa shape index (κ1) is 13.8. The van der Waals surface area contributed by atoms with Gasteiger partial charge in [-0.05, 0) is 25.8 Å². The molecule has 0 aromatic heterocycles. The van der Waals surface area contributed by atoms with Gasteiger partial charge in [-0.1, -0.05) is 12.8 Å². The van der Waals surface area contributed by atoms with Gasteiger partial charge in [0.05, 0.1) is 24.2 Å². The molecule has 3 atom stereocenters. The number of methoxy groups -OCH3 is 1. The summed E-state index contributed by atoms with van der Waals surface area (Å²) in [6.07, 6.45) is 4.21. The fourth-order valence-electron chi connectivity index (χ4n) is 3.00. The molecule has 1 saturated heterocycles. The molecule has 2 aliphatic rings. The summed E-state index contributed by atoms with van der Waals surface area (Å²) in [6, 6.07) is -0.0828. The number of aliphatic hydroxyl groups excluding tert-OH is 1. The summed E-state index contributed by atoms with van der Waals surface area (Å²) >= 11 is 0. The Labute approximate surface area is 108 Å². The Morgan fingerprint density at radius 2 is 2.28 bits per heavy atom. The summed E-state index contributed by atoms with van der Waals surface area (Å²) in [7, 11) is 1.63. The SMILES string of the molecule is COCC1(C(=O)N[C@@H]2CCCC[C@H]2O)CCNC1. The standard InChI is InChI=1S/C13H24N2O3/c1-18-9-13(6-7-14-8-13)12(17)15-10-4-2-3-5-11(10)16/h10-11,14,16H,2-9H2,1H3,(H,15,17)/t10-,11-,13?/m1/s1. The van der Waals surface area contributed by atoms with Gasteiger partial charge < -0.3 is 20.5 Å². The van der Waals surface area contributed by atoms with Crippen LogP contribution in [0.5, 0.6) is 0 Å². The van der Waals surface area contributed by atoms with E-state index in [4.69, 9.17) is 4.74 Å². The van der Waals surface area contributed by atoms with Gasteiger partial charge in [-0.15, -0.1) is 0 Å². The third kappa shape index (κ3) is 2.84. The van der Waals surface area contributed by atoms with Crippen LogP contribution in [0.4, 0.5) is 0 Å². The van der Waals surface area contributed by atoms with Crippen LogP contribution in [0, 0.1) is 5.41 Å². The van der Waals surface area contributed by atoms with Crippen LogP contribution < -0.4 is 10.6 Å². The summed E-state index contributed by atoms with van der Waals surface area (Å²) in [5, 5.41) is 16.2. The van der Waals surface area contributed by atoms with E-state index in [-0.39, 0.29) is 11.9 Å². The summed E-state index contributed by atoms with van der Waals surface area (Å²) in [5.74, 6) is 0.0281. The smallest absolute Gasteiger partial charge is 0.230 e. The highest BCUT2D eigenvalue weighted by Gasteiger charge is 2.42. The van der Waals surface area contributed by atoms with Crippen molar-refractivity contribution in [2.75, 3.05) is 26.8 Å². The Morgan fingerprint density at radius 3 is 2.89 bits per heavy atom. The van der Waals surface area contributed by atoms with Crippen molar-refractivity contribution in [3.63, 3.8) is 0 Å². The fraction of sp³-hybridized carbons (Fsp3) is 0.923. The van der Waals surface area contributed by atoms with Gasteiger partial charge in [0.2, 0.25) is 5.91 Å². The largest absolute Gasteiger partial charge is 0.391 e. The normalized spacial score (nSPS) is 36.6. The molecule has 0 spiro atoms. The number of carbonyl (C=O) groups excluding carboxylic acids is 1. The molecule has 0 bridgehead atoms. The van der Waals surface area contributed by atoms with Gasteiger partial charge in [0.15, 0.2) is 0 Å². The van der Waals surface area contributed by atoms with Gasteiger partial charge in [0, 0.05) is 13.7 Å². The molecule has 3 N–H and O–H groups in total. The van der Waals surface area contributed by atoms with Crippen LogP contribution in [0.15, 0.2) is 0 Å². The second-order valence-corrected chi connectivity index (χ2v) is 5.57. The van der Waals surface area contributed by atoms with Crippen molar-refractivity contribution in [3.8, 4) is 0 Å². The molecule has 104 valence electrons. The zero-order chi connectivity index (χ0) is 13.0. The maximum absolute atomic E-state index is 12.4. The molecule has 1 aliphatic heterocycles. The van der Waals surface area contributed by atoms with Gasteiger partial charge >= 0.3 is 0 Å². The molecule has 1 amide bonds. The van der Waals surface area contributed by atoms with Gasteiger partial charge in [-0.25, -0.2) is 0 Å². The summed E-state index contributed by atoms with van der Waals surface area (Å²) in [5.41, 5.74) is -0.452. The van der Waals surface area contributed by atoms with Gasteiger partial charge in [0.1, 0.15) is 0 Å². The van der Waals surface area contributed by atoms with Crippen molar-refractivity contribution in [3.05, 3.63) is 0 Å². The minimum atomic E-state index is -0.452. The zero-order valence-electron chi connectivity index (χ0n) is 11.1. The van der Waals surface area contributed by atoms with Crippen LogP contribution >= 0.6 is 0 Å². The topological polar surface area (TPSA) is 70.6 Å². The highest BCUT2D eigenvalue weighted by Crippen LogP contribution is 2.27. The lowest BCUT2D eigenvalue weighted by molar-refractivity contribution is -0.135. The van der Waals surface area contributed by atoms with Crippen molar-refractivity contribution >= 4 is 5.91 Å². The molecule has 0 radical (unpaired) electrons. The molecule has 5 nitrogen and oxygen atoms in total. The minimum absolute atomic E-state index is 0.0281. The first-order valence-corrected chi connectivity index (χ1v) is 6.87. The van der Waals surface area contributed by atoms with E-state index in [0.29, 0.717) is 13.2 Å². The van der Waals surface area contributed by atoms with Gasteiger partial charge in [0.25, 0.3) is 0 Å². The molecular formula is C13H24N2O3. The Balaban J connectivity index is 1.96. The van der Waals surface area contributed by atoms with Crippen LogP contribution in [0.1, 0.15) is 32.1 Å². The molecule has 1 aliphatic carbocycles. The van der Waals surface area contributed by atoms with E-state index in [1.165, 1.54) is 0 Å². The van der Waals surface area contributed by atoms with E-state index in [1.807, 2.05) is 0 Å². The first-order valence-electron chi connectivity index (χ1n) is 6.87. The number of rotatable bonds is 4. The third-order valence-electron chi connectivity index (χ3n) is 4.19.